The Bertz CT molecular complexity index is 723. The zero-order valence-electron chi connectivity index (χ0n) is 16.3. The Morgan fingerprint density at radius 2 is 1.56 bits per heavy atom. The second-order valence-electron chi connectivity index (χ2n) is 6.43. The van der Waals surface area contributed by atoms with Crippen LogP contribution in [0.5, 0.6) is 5.75 Å². The lowest BCUT2D eigenvalue weighted by atomic mass is 10.1. The van der Waals surface area contributed by atoms with Crippen LogP contribution in [0.25, 0.3) is 0 Å². The molecule has 0 aromatic heterocycles. The van der Waals surface area contributed by atoms with Gasteiger partial charge in [0.05, 0.1) is 0 Å². The lowest BCUT2D eigenvalue weighted by molar-refractivity contribution is -0.122. The maximum absolute atomic E-state index is 12.6. The molecule has 1 unspecified atom stereocenters. The highest BCUT2D eigenvalue weighted by Gasteiger charge is 2.16. The maximum atomic E-state index is 12.6. The Morgan fingerprint density at radius 1 is 0.963 bits per heavy atom. The summed E-state index contributed by atoms with van der Waals surface area (Å²) in [5, 5.41) is 2.82. The summed E-state index contributed by atoms with van der Waals surface area (Å²) in [5.41, 5.74) is 1.26. The number of hydrogen-bond donors (Lipinski definition) is 1. The zero-order chi connectivity index (χ0) is 19.6. The summed E-state index contributed by atoms with van der Waals surface area (Å²) < 4.78 is 5.62. The highest BCUT2D eigenvalue weighted by Crippen LogP contribution is 2.15. The van der Waals surface area contributed by atoms with E-state index in [1.165, 1.54) is 0 Å². The van der Waals surface area contributed by atoms with Gasteiger partial charge in [-0.1, -0.05) is 32.0 Å². The van der Waals surface area contributed by atoms with Crippen molar-refractivity contribution in [3.63, 3.8) is 0 Å². The molecule has 0 aliphatic heterocycles. The standard InChI is InChI=1S/C22H28N2O3/c1-4-15-24(16-5-2)22(26)18-11-13-19(14-12-18)23-21(25)17(3)27-20-9-7-6-8-10-20/h6-14,17H,4-5,15-16H2,1-3H3,(H,23,25). The molecule has 2 aromatic carbocycles. The third-order valence-electron chi connectivity index (χ3n) is 4.10. The third-order valence-corrected chi connectivity index (χ3v) is 4.10. The molecule has 2 aromatic rings. The van der Waals surface area contributed by atoms with Gasteiger partial charge in [-0.25, -0.2) is 0 Å². The number of hydrogen-bond acceptors (Lipinski definition) is 3. The number of ether oxygens (including phenoxy) is 1. The van der Waals surface area contributed by atoms with E-state index in [0.717, 1.165) is 25.9 Å². The summed E-state index contributed by atoms with van der Waals surface area (Å²) in [4.78, 5) is 26.8. The number of benzene rings is 2. The molecule has 0 radical (unpaired) electrons. The SMILES string of the molecule is CCCN(CCC)C(=O)c1ccc(NC(=O)C(C)Oc2ccccc2)cc1. The topological polar surface area (TPSA) is 58.6 Å². The van der Waals surface area contributed by atoms with Crippen LogP contribution in [0.1, 0.15) is 44.0 Å². The van der Waals surface area contributed by atoms with Crippen molar-refractivity contribution >= 4 is 17.5 Å². The second-order valence-corrected chi connectivity index (χ2v) is 6.43. The van der Waals surface area contributed by atoms with E-state index in [1.807, 2.05) is 35.2 Å². The number of carbonyl (C=O) groups is 2. The van der Waals surface area contributed by atoms with Crippen LogP contribution in [0.2, 0.25) is 0 Å². The molecule has 0 saturated heterocycles. The van der Waals surface area contributed by atoms with Gasteiger partial charge in [0.1, 0.15) is 5.75 Å². The van der Waals surface area contributed by atoms with Gasteiger partial charge in [-0.05, 0) is 56.2 Å². The summed E-state index contributed by atoms with van der Waals surface area (Å²) in [7, 11) is 0. The minimum atomic E-state index is -0.627. The molecule has 27 heavy (non-hydrogen) atoms. The Kier molecular flexibility index (Phi) is 7.86. The number of rotatable bonds is 9. The molecule has 0 saturated carbocycles. The normalized spacial score (nSPS) is 11.5. The van der Waals surface area contributed by atoms with Gasteiger partial charge < -0.3 is 15.0 Å². The van der Waals surface area contributed by atoms with Crippen molar-refractivity contribution < 1.29 is 14.3 Å². The van der Waals surface area contributed by atoms with E-state index in [2.05, 4.69) is 19.2 Å². The molecule has 0 bridgehead atoms. The van der Waals surface area contributed by atoms with Crippen LogP contribution in [0.15, 0.2) is 54.6 Å². The lowest BCUT2D eigenvalue weighted by Gasteiger charge is -2.21. The van der Waals surface area contributed by atoms with Crippen molar-refractivity contribution in [2.75, 3.05) is 18.4 Å². The highest BCUT2D eigenvalue weighted by atomic mass is 16.5. The molecule has 0 aliphatic carbocycles. The Hall–Kier alpha value is -2.82. The first-order chi connectivity index (χ1) is 13.0. The Morgan fingerprint density at radius 3 is 2.11 bits per heavy atom. The van der Waals surface area contributed by atoms with Crippen molar-refractivity contribution in [3.8, 4) is 5.75 Å². The molecule has 2 rings (SSSR count). The molecule has 0 heterocycles. The molecular formula is C22H28N2O3. The first-order valence-corrected chi connectivity index (χ1v) is 9.47. The van der Waals surface area contributed by atoms with Gasteiger partial charge in [-0.3, -0.25) is 9.59 Å². The average Bonchev–Trinajstić information content (AvgIpc) is 2.68. The quantitative estimate of drug-likeness (QED) is 0.716. The van der Waals surface area contributed by atoms with Crippen LogP contribution in [-0.4, -0.2) is 35.9 Å². The number of nitrogens with zero attached hydrogens (tertiary/aromatic N) is 1. The van der Waals surface area contributed by atoms with E-state index in [9.17, 15) is 9.59 Å². The van der Waals surface area contributed by atoms with Gasteiger partial charge in [0.2, 0.25) is 0 Å². The van der Waals surface area contributed by atoms with Crippen LogP contribution in [0.3, 0.4) is 0 Å². The minimum absolute atomic E-state index is 0.0253. The lowest BCUT2D eigenvalue weighted by Crippen LogP contribution is -2.32. The number of carbonyl (C=O) groups excluding carboxylic acids is 2. The van der Waals surface area contributed by atoms with Crippen molar-refractivity contribution in [1.29, 1.82) is 0 Å². The summed E-state index contributed by atoms with van der Waals surface area (Å²) in [6.45, 7) is 7.33. The largest absolute Gasteiger partial charge is 0.481 e. The van der Waals surface area contributed by atoms with E-state index < -0.39 is 6.10 Å². The smallest absolute Gasteiger partial charge is 0.265 e. The van der Waals surface area contributed by atoms with E-state index in [4.69, 9.17) is 4.74 Å². The number of nitrogens with one attached hydrogen (secondary N) is 1. The maximum Gasteiger partial charge on any atom is 0.265 e. The van der Waals surface area contributed by atoms with Crippen molar-refractivity contribution in [2.45, 2.75) is 39.7 Å². The minimum Gasteiger partial charge on any atom is -0.481 e. The molecule has 1 N–H and O–H groups in total. The molecule has 144 valence electrons. The van der Waals surface area contributed by atoms with Crippen molar-refractivity contribution in [1.82, 2.24) is 4.90 Å². The first kappa shape index (κ1) is 20.5. The van der Waals surface area contributed by atoms with Crippen molar-refractivity contribution in [3.05, 3.63) is 60.2 Å². The predicted octanol–water partition coefficient (Wildman–Crippen LogP) is 4.35. The van der Waals surface area contributed by atoms with E-state index in [0.29, 0.717) is 17.0 Å². The Balaban J connectivity index is 1.96. The second kappa shape index (κ2) is 10.4. The molecule has 0 fully saturated rings. The summed E-state index contributed by atoms with van der Waals surface area (Å²) in [5.74, 6) is 0.432. The monoisotopic (exact) mass is 368 g/mol. The van der Waals surface area contributed by atoms with Crippen LogP contribution < -0.4 is 10.1 Å². The molecule has 5 nitrogen and oxygen atoms in total. The molecule has 5 heteroatoms. The summed E-state index contributed by atoms with van der Waals surface area (Å²) in [6.07, 6.45) is 1.23. The average molecular weight is 368 g/mol. The van der Waals surface area contributed by atoms with Crippen LogP contribution in [0, 0.1) is 0 Å². The third kappa shape index (κ3) is 6.13. The Labute approximate surface area is 161 Å². The van der Waals surface area contributed by atoms with Gasteiger partial charge in [-0.2, -0.15) is 0 Å². The molecule has 0 spiro atoms. The van der Waals surface area contributed by atoms with Crippen LogP contribution in [0.4, 0.5) is 5.69 Å². The van der Waals surface area contributed by atoms with Gasteiger partial charge in [0.25, 0.3) is 11.8 Å². The van der Waals surface area contributed by atoms with E-state index in [1.54, 1.807) is 31.2 Å². The molecule has 1 atom stereocenters. The van der Waals surface area contributed by atoms with E-state index >= 15 is 0 Å². The fraction of sp³-hybridized carbons (Fsp3) is 0.364. The van der Waals surface area contributed by atoms with Gasteiger partial charge in [0.15, 0.2) is 6.10 Å². The van der Waals surface area contributed by atoms with Gasteiger partial charge in [-0.15, -0.1) is 0 Å². The van der Waals surface area contributed by atoms with Gasteiger partial charge >= 0.3 is 0 Å². The predicted molar refractivity (Wildman–Crippen MR) is 108 cm³/mol. The van der Waals surface area contributed by atoms with Gasteiger partial charge in [0, 0.05) is 24.3 Å². The van der Waals surface area contributed by atoms with Crippen LogP contribution >= 0.6 is 0 Å². The molecular weight excluding hydrogens is 340 g/mol. The van der Waals surface area contributed by atoms with Crippen LogP contribution in [-0.2, 0) is 4.79 Å². The summed E-state index contributed by atoms with van der Waals surface area (Å²) in [6, 6.07) is 16.2. The fourth-order valence-electron chi connectivity index (χ4n) is 2.73. The number of para-hydroxylation sites is 1. The van der Waals surface area contributed by atoms with Crippen molar-refractivity contribution in [2.24, 2.45) is 0 Å². The molecule has 2 amide bonds. The number of anilines is 1. The zero-order valence-corrected chi connectivity index (χ0v) is 16.3. The molecule has 0 aliphatic rings. The fourth-order valence-corrected chi connectivity index (χ4v) is 2.73. The summed E-state index contributed by atoms with van der Waals surface area (Å²) >= 11 is 0. The highest BCUT2D eigenvalue weighted by molar-refractivity contribution is 5.96. The number of amides is 2. The first-order valence-electron chi connectivity index (χ1n) is 9.47. The van der Waals surface area contributed by atoms with E-state index in [-0.39, 0.29) is 11.8 Å².